The number of halogens is 6. The molecule has 0 aliphatic carbocycles. The summed E-state index contributed by atoms with van der Waals surface area (Å²) < 4.78 is 74.3. The van der Waals surface area contributed by atoms with Crippen LogP contribution in [0.3, 0.4) is 0 Å². The molecule has 0 nitrogen and oxygen atoms in total. The van der Waals surface area contributed by atoms with Crippen molar-refractivity contribution in [2.45, 2.75) is 24.2 Å². The summed E-state index contributed by atoms with van der Waals surface area (Å²) in [6, 6.07) is 1.27. The van der Waals surface area contributed by atoms with Gasteiger partial charge in [0, 0.05) is 4.90 Å². The number of alkyl halides is 6. The largest absolute Gasteiger partial charge is 0.417 e. The number of thiol groups is 1. The number of aryl methyl sites for hydroxylation is 1. The Morgan fingerprint density at radius 1 is 0.875 bits per heavy atom. The number of hydrogen-bond donors (Lipinski definition) is 1. The summed E-state index contributed by atoms with van der Waals surface area (Å²) in [6.07, 6.45) is -9.69. The Kier molecular flexibility index (Phi) is 3.20. The predicted octanol–water partition coefficient (Wildman–Crippen LogP) is 4.32. The highest BCUT2D eigenvalue weighted by Gasteiger charge is 2.40. The van der Waals surface area contributed by atoms with Crippen molar-refractivity contribution in [3.8, 4) is 0 Å². The Bertz CT molecular complexity index is 368. The summed E-state index contributed by atoms with van der Waals surface area (Å²) in [7, 11) is 0. The first-order valence-electron chi connectivity index (χ1n) is 4.01. The van der Waals surface area contributed by atoms with E-state index >= 15 is 0 Å². The summed E-state index contributed by atoms with van der Waals surface area (Å²) in [6.45, 7) is 1.16. The van der Waals surface area contributed by atoms with E-state index in [1.165, 1.54) is 0 Å². The van der Waals surface area contributed by atoms with Crippen molar-refractivity contribution < 1.29 is 26.3 Å². The normalized spacial score (nSPS) is 13.0. The zero-order valence-electron chi connectivity index (χ0n) is 7.87. The van der Waals surface area contributed by atoms with Gasteiger partial charge in [-0.15, -0.1) is 12.6 Å². The first-order valence-corrected chi connectivity index (χ1v) is 4.46. The molecule has 1 rings (SSSR count). The molecule has 0 aliphatic heterocycles. The Labute approximate surface area is 92.7 Å². The van der Waals surface area contributed by atoms with E-state index in [0.717, 1.165) is 6.92 Å². The highest BCUT2D eigenvalue weighted by molar-refractivity contribution is 7.80. The van der Waals surface area contributed by atoms with E-state index in [9.17, 15) is 26.3 Å². The van der Waals surface area contributed by atoms with Crippen LogP contribution in [0.5, 0.6) is 0 Å². The first-order chi connectivity index (χ1) is 7.03. The van der Waals surface area contributed by atoms with E-state index < -0.39 is 28.4 Å². The van der Waals surface area contributed by atoms with Crippen LogP contribution in [-0.4, -0.2) is 0 Å². The van der Waals surface area contributed by atoms with Gasteiger partial charge in [-0.3, -0.25) is 0 Å². The summed E-state index contributed by atoms with van der Waals surface area (Å²) in [5.74, 6) is 0. The van der Waals surface area contributed by atoms with Gasteiger partial charge in [0.2, 0.25) is 0 Å². The maximum Gasteiger partial charge on any atom is 0.417 e. The quantitative estimate of drug-likeness (QED) is 0.521. The van der Waals surface area contributed by atoms with Crippen molar-refractivity contribution >= 4 is 12.6 Å². The Balaban J connectivity index is 3.51. The molecule has 0 amide bonds. The van der Waals surface area contributed by atoms with Crippen molar-refractivity contribution in [3.05, 3.63) is 28.8 Å². The fourth-order valence-electron chi connectivity index (χ4n) is 1.21. The second-order valence-corrected chi connectivity index (χ2v) is 3.65. The van der Waals surface area contributed by atoms with Gasteiger partial charge in [0.1, 0.15) is 0 Å². The maximum absolute atomic E-state index is 12.4. The SMILES string of the molecule is Cc1cc(C(F)(F)F)c(S)c(C(F)(F)F)c1. The predicted molar refractivity (Wildman–Crippen MR) is 48.4 cm³/mol. The number of rotatable bonds is 0. The Hall–Kier alpha value is -0.850. The van der Waals surface area contributed by atoms with Crippen LogP contribution in [0.25, 0.3) is 0 Å². The standard InChI is InChI=1S/C9H6F6S/c1-4-2-5(8(10,11)12)7(16)6(3-4)9(13,14)15/h2-3,16H,1H3. The molecular weight excluding hydrogens is 254 g/mol. The highest BCUT2D eigenvalue weighted by Crippen LogP contribution is 2.41. The van der Waals surface area contributed by atoms with Crippen molar-refractivity contribution in [3.63, 3.8) is 0 Å². The van der Waals surface area contributed by atoms with Crippen LogP contribution in [0, 0.1) is 6.92 Å². The van der Waals surface area contributed by atoms with E-state index in [1.54, 1.807) is 0 Å². The lowest BCUT2D eigenvalue weighted by atomic mass is 10.1. The molecule has 1 aromatic rings. The van der Waals surface area contributed by atoms with Gasteiger partial charge < -0.3 is 0 Å². The number of hydrogen-bond acceptors (Lipinski definition) is 1. The van der Waals surface area contributed by atoms with Gasteiger partial charge in [0.25, 0.3) is 0 Å². The Morgan fingerprint density at radius 3 is 1.44 bits per heavy atom. The summed E-state index contributed by atoms with van der Waals surface area (Å²) in [4.78, 5) is -1.09. The van der Waals surface area contributed by atoms with Crippen LogP contribution >= 0.6 is 12.6 Å². The third kappa shape index (κ3) is 2.63. The third-order valence-corrected chi connectivity index (χ3v) is 2.35. The van der Waals surface area contributed by atoms with E-state index in [-0.39, 0.29) is 5.56 Å². The lowest BCUT2D eigenvalue weighted by molar-refractivity contribution is -0.147. The molecule has 0 atom stereocenters. The molecule has 0 aromatic heterocycles. The van der Waals surface area contributed by atoms with Crippen LogP contribution in [0.15, 0.2) is 17.0 Å². The molecule has 90 valence electrons. The summed E-state index contributed by atoms with van der Waals surface area (Å²) in [5, 5.41) is 0. The molecule has 0 bridgehead atoms. The van der Waals surface area contributed by atoms with Gasteiger partial charge in [0.15, 0.2) is 0 Å². The average molecular weight is 260 g/mol. The van der Waals surface area contributed by atoms with Crippen LogP contribution in [0.4, 0.5) is 26.3 Å². The maximum atomic E-state index is 12.4. The Morgan fingerprint density at radius 2 is 1.19 bits per heavy atom. The van der Waals surface area contributed by atoms with E-state index in [0.29, 0.717) is 12.1 Å². The zero-order chi connectivity index (χ0) is 12.7. The van der Waals surface area contributed by atoms with Crippen molar-refractivity contribution in [1.29, 1.82) is 0 Å². The third-order valence-electron chi connectivity index (χ3n) is 1.87. The van der Waals surface area contributed by atoms with Gasteiger partial charge in [-0.25, -0.2) is 0 Å². The lowest BCUT2D eigenvalue weighted by Gasteiger charge is -2.16. The second kappa shape index (κ2) is 3.87. The molecule has 0 saturated heterocycles. The van der Waals surface area contributed by atoms with Crippen LogP contribution < -0.4 is 0 Å². The molecule has 0 aliphatic rings. The fraction of sp³-hybridized carbons (Fsp3) is 0.333. The molecular formula is C9H6F6S. The van der Waals surface area contributed by atoms with Gasteiger partial charge >= 0.3 is 12.4 Å². The fourth-order valence-corrected chi connectivity index (χ4v) is 1.59. The van der Waals surface area contributed by atoms with Crippen LogP contribution in [0.2, 0.25) is 0 Å². The van der Waals surface area contributed by atoms with E-state index in [1.807, 2.05) is 0 Å². The first kappa shape index (κ1) is 13.2. The minimum Gasteiger partial charge on any atom is -0.166 e. The second-order valence-electron chi connectivity index (χ2n) is 3.20. The van der Waals surface area contributed by atoms with Gasteiger partial charge in [0.05, 0.1) is 11.1 Å². The van der Waals surface area contributed by atoms with Gasteiger partial charge in [-0.2, -0.15) is 26.3 Å². The molecule has 0 N–H and O–H groups in total. The molecule has 0 saturated carbocycles. The average Bonchev–Trinajstić information content (AvgIpc) is 2.04. The molecule has 1 aromatic carbocycles. The topological polar surface area (TPSA) is 0 Å². The monoisotopic (exact) mass is 260 g/mol. The molecule has 0 unspecified atom stereocenters. The lowest BCUT2D eigenvalue weighted by Crippen LogP contribution is -2.13. The molecule has 0 radical (unpaired) electrons. The van der Waals surface area contributed by atoms with E-state index in [4.69, 9.17) is 0 Å². The van der Waals surface area contributed by atoms with E-state index in [2.05, 4.69) is 12.6 Å². The van der Waals surface area contributed by atoms with Crippen molar-refractivity contribution in [1.82, 2.24) is 0 Å². The molecule has 0 heterocycles. The van der Waals surface area contributed by atoms with Crippen LogP contribution in [-0.2, 0) is 12.4 Å². The molecule has 0 spiro atoms. The van der Waals surface area contributed by atoms with Crippen LogP contribution in [0.1, 0.15) is 16.7 Å². The molecule has 7 heteroatoms. The minimum atomic E-state index is -4.84. The molecule has 0 fully saturated rings. The van der Waals surface area contributed by atoms with Gasteiger partial charge in [-0.05, 0) is 24.6 Å². The molecule has 16 heavy (non-hydrogen) atoms. The van der Waals surface area contributed by atoms with Gasteiger partial charge in [-0.1, -0.05) is 0 Å². The summed E-state index contributed by atoms with van der Waals surface area (Å²) in [5.41, 5.74) is -2.86. The van der Waals surface area contributed by atoms with Crippen molar-refractivity contribution in [2.75, 3.05) is 0 Å². The summed E-state index contributed by atoms with van der Waals surface area (Å²) >= 11 is 3.31. The smallest absolute Gasteiger partial charge is 0.166 e. The number of benzene rings is 1. The minimum absolute atomic E-state index is 0.113. The highest BCUT2D eigenvalue weighted by atomic mass is 32.1. The van der Waals surface area contributed by atoms with Crippen molar-refractivity contribution in [2.24, 2.45) is 0 Å². The zero-order valence-corrected chi connectivity index (χ0v) is 8.76.